The van der Waals surface area contributed by atoms with E-state index < -0.39 is 11.5 Å². The molecule has 17 heavy (non-hydrogen) atoms. The van der Waals surface area contributed by atoms with Crippen molar-refractivity contribution >= 4 is 11.8 Å². The van der Waals surface area contributed by atoms with Gasteiger partial charge >= 0.3 is 0 Å². The molecule has 2 heterocycles. The van der Waals surface area contributed by atoms with Gasteiger partial charge in [-0.2, -0.15) is 0 Å². The Bertz CT molecular complexity index is 296. The van der Waals surface area contributed by atoms with Gasteiger partial charge in [0.2, 0.25) is 0 Å². The number of unbranched alkanes of at least 4 members (excludes halogenated alkanes) is 1. The number of rotatable bonds is 6. The Kier molecular flexibility index (Phi) is 4.52. The molecule has 7 heteroatoms. The van der Waals surface area contributed by atoms with Gasteiger partial charge in [-0.3, -0.25) is 4.84 Å². The van der Waals surface area contributed by atoms with E-state index in [0.29, 0.717) is 18.8 Å². The molecule has 0 aliphatic carbocycles. The molecule has 0 aromatic carbocycles. The van der Waals surface area contributed by atoms with Crippen LogP contribution in [0.5, 0.6) is 0 Å². The van der Waals surface area contributed by atoms with Crippen molar-refractivity contribution < 1.29 is 19.5 Å². The summed E-state index contributed by atoms with van der Waals surface area (Å²) in [6, 6.07) is 0. The van der Waals surface area contributed by atoms with E-state index in [2.05, 4.69) is 6.92 Å². The molecule has 2 aliphatic rings. The summed E-state index contributed by atoms with van der Waals surface area (Å²) in [6.07, 6.45) is 2.23. The number of ether oxygens (including phenoxy) is 2. The van der Waals surface area contributed by atoms with Crippen LogP contribution in [0, 0.1) is 5.21 Å². The second-order valence-electron chi connectivity index (χ2n) is 3.86. The third kappa shape index (κ3) is 3.05. The van der Waals surface area contributed by atoms with Gasteiger partial charge < -0.3 is 19.9 Å². The van der Waals surface area contributed by atoms with Crippen molar-refractivity contribution in [1.82, 2.24) is 5.39 Å². The topological polar surface area (TPSA) is 74.2 Å². The molecule has 6 nitrogen and oxygen atoms in total. The molecule has 0 aromatic heterocycles. The maximum Gasteiger partial charge on any atom is 0.187 e. The zero-order valence-electron chi connectivity index (χ0n) is 9.63. The number of hydrogen-bond acceptors (Lipinski definition) is 7. The zero-order valence-corrected chi connectivity index (χ0v) is 10.4. The maximum atomic E-state index is 10.6. The van der Waals surface area contributed by atoms with E-state index in [0.717, 1.165) is 24.4 Å². The molecule has 0 radical (unpaired) electrons. The van der Waals surface area contributed by atoms with Crippen molar-refractivity contribution in [2.24, 2.45) is 0 Å². The van der Waals surface area contributed by atoms with Crippen LogP contribution in [-0.4, -0.2) is 34.5 Å². The molecule has 0 spiro atoms. The molecule has 2 aliphatic heterocycles. The first-order chi connectivity index (χ1) is 8.22. The summed E-state index contributed by atoms with van der Waals surface area (Å²) < 4.78 is 11.0. The highest BCUT2D eigenvalue weighted by Gasteiger charge is 2.42. The molecular weight excluding hydrogens is 246 g/mol. The highest BCUT2D eigenvalue weighted by Crippen LogP contribution is 2.40. The van der Waals surface area contributed by atoms with Crippen LogP contribution in [0.2, 0.25) is 0 Å². The average molecular weight is 262 g/mol. The van der Waals surface area contributed by atoms with Crippen LogP contribution in [0.4, 0.5) is 0 Å². The van der Waals surface area contributed by atoms with Crippen molar-refractivity contribution in [3.8, 4) is 0 Å². The molecule has 1 N–H and O–H groups in total. The Balaban J connectivity index is 1.93. The SMILES string of the molecule is CCCCSC1OC2=C(OCC2)C1ON([O-])O. The van der Waals surface area contributed by atoms with Crippen molar-refractivity contribution in [3.63, 3.8) is 0 Å². The largest absolute Gasteiger partial charge is 0.738 e. The van der Waals surface area contributed by atoms with Gasteiger partial charge in [-0.1, -0.05) is 13.3 Å². The lowest BCUT2D eigenvalue weighted by molar-refractivity contribution is -0.328. The van der Waals surface area contributed by atoms with Gasteiger partial charge in [0, 0.05) is 6.42 Å². The van der Waals surface area contributed by atoms with Crippen LogP contribution in [0.1, 0.15) is 26.2 Å². The monoisotopic (exact) mass is 262 g/mol. The Hall–Kier alpha value is -0.470. The third-order valence-electron chi connectivity index (χ3n) is 2.61. The fourth-order valence-corrected chi connectivity index (χ4v) is 3.02. The van der Waals surface area contributed by atoms with Gasteiger partial charge in [0.25, 0.3) is 0 Å². The molecular formula is C10H16NO5S-. The number of hydrogen-bond donors (Lipinski definition) is 1. The van der Waals surface area contributed by atoms with E-state index >= 15 is 0 Å². The Morgan fingerprint density at radius 3 is 3.18 bits per heavy atom. The van der Waals surface area contributed by atoms with Gasteiger partial charge in [-0.05, 0) is 12.2 Å². The number of nitrogens with zero attached hydrogens (tertiary/aromatic N) is 1. The van der Waals surface area contributed by atoms with Crippen molar-refractivity contribution in [3.05, 3.63) is 16.7 Å². The minimum Gasteiger partial charge on any atom is -0.738 e. The highest BCUT2D eigenvalue weighted by molar-refractivity contribution is 7.99. The third-order valence-corrected chi connectivity index (χ3v) is 3.81. The summed E-state index contributed by atoms with van der Waals surface area (Å²) in [5, 5.41) is 18.7. The first-order valence-electron chi connectivity index (χ1n) is 5.69. The second-order valence-corrected chi connectivity index (χ2v) is 5.07. The molecule has 0 saturated heterocycles. The molecule has 0 aromatic rings. The van der Waals surface area contributed by atoms with Crippen molar-refractivity contribution in [2.75, 3.05) is 12.4 Å². The molecule has 2 unspecified atom stereocenters. The Morgan fingerprint density at radius 1 is 1.65 bits per heavy atom. The molecule has 2 rings (SSSR count). The van der Waals surface area contributed by atoms with E-state index in [9.17, 15) is 5.21 Å². The van der Waals surface area contributed by atoms with Crippen LogP contribution in [0.15, 0.2) is 11.5 Å². The number of thioether (sulfide) groups is 1. The minimum absolute atomic E-state index is 0.310. The van der Waals surface area contributed by atoms with Crippen LogP contribution in [0.3, 0.4) is 0 Å². The first-order valence-corrected chi connectivity index (χ1v) is 6.74. The fourth-order valence-electron chi connectivity index (χ4n) is 1.80. The van der Waals surface area contributed by atoms with Crippen LogP contribution >= 0.6 is 11.8 Å². The van der Waals surface area contributed by atoms with Gasteiger partial charge in [0.05, 0.1) is 6.61 Å². The summed E-state index contributed by atoms with van der Waals surface area (Å²) in [5.74, 6) is 2.21. The summed E-state index contributed by atoms with van der Waals surface area (Å²) in [7, 11) is 0. The van der Waals surface area contributed by atoms with E-state index in [4.69, 9.17) is 19.5 Å². The summed E-state index contributed by atoms with van der Waals surface area (Å²) in [6.45, 7) is 2.65. The quantitative estimate of drug-likeness (QED) is 0.579. The Labute approximate surface area is 104 Å². The summed E-state index contributed by atoms with van der Waals surface area (Å²) in [5.41, 5.74) is -0.310. The van der Waals surface area contributed by atoms with E-state index in [1.54, 1.807) is 11.8 Å². The second kappa shape index (κ2) is 5.92. The van der Waals surface area contributed by atoms with Crippen LogP contribution in [-0.2, 0) is 14.3 Å². The predicted molar refractivity (Wildman–Crippen MR) is 61.7 cm³/mol. The molecule has 0 fully saturated rings. The summed E-state index contributed by atoms with van der Waals surface area (Å²) >= 11 is 1.57. The van der Waals surface area contributed by atoms with Gasteiger partial charge in [-0.15, -0.1) is 17.2 Å². The first kappa shape index (κ1) is 13.0. The lowest BCUT2D eigenvalue weighted by Crippen LogP contribution is -2.31. The van der Waals surface area contributed by atoms with E-state index in [1.807, 2.05) is 0 Å². The van der Waals surface area contributed by atoms with Crippen LogP contribution < -0.4 is 0 Å². The molecule has 0 saturated carbocycles. The lowest BCUT2D eigenvalue weighted by Gasteiger charge is -2.27. The van der Waals surface area contributed by atoms with Crippen LogP contribution in [0.25, 0.3) is 0 Å². The Morgan fingerprint density at radius 2 is 2.47 bits per heavy atom. The van der Waals surface area contributed by atoms with Crippen molar-refractivity contribution in [2.45, 2.75) is 37.7 Å². The molecule has 0 bridgehead atoms. The average Bonchev–Trinajstić information content (AvgIpc) is 2.82. The molecule has 2 atom stereocenters. The molecule has 98 valence electrons. The minimum atomic E-state index is -0.642. The van der Waals surface area contributed by atoms with E-state index in [1.165, 1.54) is 0 Å². The smallest absolute Gasteiger partial charge is 0.187 e. The van der Waals surface area contributed by atoms with Crippen molar-refractivity contribution in [1.29, 1.82) is 0 Å². The van der Waals surface area contributed by atoms with E-state index in [-0.39, 0.29) is 5.44 Å². The highest BCUT2D eigenvalue weighted by atomic mass is 32.2. The van der Waals surface area contributed by atoms with Gasteiger partial charge in [-0.25, -0.2) is 0 Å². The normalized spacial score (nSPS) is 27.3. The van der Waals surface area contributed by atoms with Gasteiger partial charge in [0.15, 0.2) is 17.3 Å². The standard InChI is InChI=1S/C10H16NO5S/c1-2-3-6-17-10-9(16-11(12)13)8-7(15-10)4-5-14-8/h9-10,12H,2-6H2,1H3/q-1. The van der Waals surface area contributed by atoms with Gasteiger partial charge in [0.1, 0.15) is 5.76 Å². The lowest BCUT2D eigenvalue weighted by atomic mass is 10.3. The zero-order chi connectivity index (χ0) is 12.3. The predicted octanol–water partition coefficient (Wildman–Crippen LogP) is 2.00. The maximum absolute atomic E-state index is 10.6. The fraction of sp³-hybridized carbons (Fsp3) is 0.800. The molecule has 0 amide bonds. The summed E-state index contributed by atoms with van der Waals surface area (Å²) in [4.78, 5) is 4.77.